The molecule has 114 valence electrons. The Kier molecular flexibility index (Phi) is 4.15. The van der Waals surface area contributed by atoms with E-state index >= 15 is 0 Å². The first-order valence-electron chi connectivity index (χ1n) is 7.95. The van der Waals surface area contributed by atoms with Crippen LogP contribution in [-0.2, 0) is 11.2 Å². The number of aryl methyl sites for hydroxylation is 1. The Labute approximate surface area is 126 Å². The number of likely N-dealkylation sites (tertiary alicyclic amines) is 1. The lowest BCUT2D eigenvalue weighted by molar-refractivity contribution is -0.128. The van der Waals surface area contributed by atoms with Crippen molar-refractivity contribution in [2.45, 2.75) is 57.2 Å². The van der Waals surface area contributed by atoms with E-state index < -0.39 is 0 Å². The SMILES string of the molecule is C[C@@H](CCc1ccc(O)cc1)N[C@@H]1CC(=O)N(C2CC2)C1. The van der Waals surface area contributed by atoms with Gasteiger partial charge in [-0.2, -0.15) is 0 Å². The van der Waals surface area contributed by atoms with Crippen LogP contribution in [0.1, 0.15) is 38.2 Å². The Hall–Kier alpha value is -1.55. The van der Waals surface area contributed by atoms with E-state index in [9.17, 15) is 9.90 Å². The molecule has 1 aromatic carbocycles. The molecular formula is C17H24N2O2. The predicted molar refractivity (Wildman–Crippen MR) is 82.2 cm³/mol. The van der Waals surface area contributed by atoms with Crippen molar-refractivity contribution in [2.24, 2.45) is 0 Å². The summed E-state index contributed by atoms with van der Waals surface area (Å²) < 4.78 is 0. The minimum absolute atomic E-state index is 0.313. The molecule has 0 aromatic heterocycles. The van der Waals surface area contributed by atoms with Crippen LogP contribution >= 0.6 is 0 Å². The zero-order chi connectivity index (χ0) is 14.8. The Bertz CT molecular complexity index is 496. The first-order chi connectivity index (χ1) is 10.1. The van der Waals surface area contributed by atoms with Crippen LogP contribution in [0.15, 0.2) is 24.3 Å². The summed E-state index contributed by atoms with van der Waals surface area (Å²) in [5.74, 6) is 0.635. The van der Waals surface area contributed by atoms with E-state index in [1.54, 1.807) is 12.1 Å². The van der Waals surface area contributed by atoms with Crippen LogP contribution < -0.4 is 5.32 Å². The van der Waals surface area contributed by atoms with Crippen LogP contribution in [0.2, 0.25) is 0 Å². The molecule has 2 N–H and O–H groups in total. The van der Waals surface area contributed by atoms with Crippen molar-refractivity contribution in [2.75, 3.05) is 6.54 Å². The van der Waals surface area contributed by atoms with Gasteiger partial charge in [-0.15, -0.1) is 0 Å². The highest BCUT2D eigenvalue weighted by Gasteiger charge is 2.39. The van der Waals surface area contributed by atoms with Crippen LogP contribution in [-0.4, -0.2) is 40.6 Å². The number of phenols is 1. The lowest BCUT2D eigenvalue weighted by Crippen LogP contribution is -2.39. The number of benzene rings is 1. The normalized spacial score (nSPS) is 23.6. The van der Waals surface area contributed by atoms with Crippen LogP contribution in [0.3, 0.4) is 0 Å². The molecule has 1 saturated heterocycles. The number of nitrogens with one attached hydrogen (secondary N) is 1. The summed E-state index contributed by atoms with van der Waals surface area (Å²) in [4.78, 5) is 14.0. The molecule has 0 radical (unpaired) electrons. The highest BCUT2D eigenvalue weighted by molar-refractivity contribution is 5.80. The average molecular weight is 288 g/mol. The Morgan fingerprint density at radius 2 is 2.05 bits per heavy atom. The van der Waals surface area contributed by atoms with Gasteiger partial charge in [-0.3, -0.25) is 4.79 Å². The molecule has 0 unspecified atom stereocenters. The third-order valence-corrected chi connectivity index (χ3v) is 4.47. The minimum atomic E-state index is 0.313. The van der Waals surface area contributed by atoms with Crippen molar-refractivity contribution >= 4 is 5.91 Å². The fraction of sp³-hybridized carbons (Fsp3) is 0.588. The number of hydrogen-bond acceptors (Lipinski definition) is 3. The molecular weight excluding hydrogens is 264 g/mol. The zero-order valence-corrected chi connectivity index (χ0v) is 12.6. The molecule has 21 heavy (non-hydrogen) atoms. The summed E-state index contributed by atoms with van der Waals surface area (Å²) >= 11 is 0. The summed E-state index contributed by atoms with van der Waals surface area (Å²) in [5, 5.41) is 12.9. The van der Waals surface area contributed by atoms with Gasteiger partial charge in [-0.25, -0.2) is 0 Å². The average Bonchev–Trinajstić information content (AvgIpc) is 3.23. The minimum Gasteiger partial charge on any atom is -0.508 e. The topological polar surface area (TPSA) is 52.6 Å². The molecule has 1 aromatic rings. The maximum Gasteiger partial charge on any atom is 0.224 e. The second-order valence-electron chi connectivity index (χ2n) is 6.45. The van der Waals surface area contributed by atoms with Crippen molar-refractivity contribution in [3.63, 3.8) is 0 Å². The number of rotatable bonds is 6. The monoisotopic (exact) mass is 288 g/mol. The molecule has 4 nitrogen and oxygen atoms in total. The van der Waals surface area contributed by atoms with Gasteiger partial charge in [0.25, 0.3) is 0 Å². The quantitative estimate of drug-likeness (QED) is 0.842. The maximum absolute atomic E-state index is 11.9. The summed E-state index contributed by atoms with van der Waals surface area (Å²) in [5.41, 5.74) is 1.24. The van der Waals surface area contributed by atoms with Gasteiger partial charge >= 0.3 is 0 Å². The van der Waals surface area contributed by atoms with Gasteiger partial charge in [-0.1, -0.05) is 12.1 Å². The largest absolute Gasteiger partial charge is 0.508 e. The van der Waals surface area contributed by atoms with Gasteiger partial charge in [0.2, 0.25) is 5.91 Å². The van der Waals surface area contributed by atoms with Crippen LogP contribution in [0, 0.1) is 0 Å². The molecule has 0 spiro atoms. The second-order valence-corrected chi connectivity index (χ2v) is 6.45. The number of carbonyl (C=O) groups is 1. The number of amides is 1. The fourth-order valence-electron chi connectivity index (χ4n) is 3.11. The highest BCUT2D eigenvalue weighted by Crippen LogP contribution is 2.30. The van der Waals surface area contributed by atoms with Crippen LogP contribution in [0.25, 0.3) is 0 Å². The Morgan fingerprint density at radius 3 is 2.71 bits per heavy atom. The van der Waals surface area contributed by atoms with E-state index in [1.165, 1.54) is 18.4 Å². The predicted octanol–water partition coefficient (Wildman–Crippen LogP) is 2.07. The van der Waals surface area contributed by atoms with E-state index in [1.807, 2.05) is 12.1 Å². The van der Waals surface area contributed by atoms with Crippen molar-refractivity contribution in [3.05, 3.63) is 29.8 Å². The maximum atomic E-state index is 11.9. The summed E-state index contributed by atoms with van der Waals surface area (Å²) in [6.07, 6.45) is 5.06. The van der Waals surface area contributed by atoms with Gasteiger partial charge in [0.1, 0.15) is 5.75 Å². The third kappa shape index (κ3) is 3.76. The van der Waals surface area contributed by atoms with Gasteiger partial charge in [-0.05, 0) is 50.3 Å². The van der Waals surface area contributed by atoms with E-state index in [2.05, 4.69) is 17.1 Å². The molecule has 2 atom stereocenters. The van der Waals surface area contributed by atoms with Gasteiger partial charge in [0.15, 0.2) is 0 Å². The van der Waals surface area contributed by atoms with Crippen molar-refractivity contribution in [1.29, 1.82) is 0 Å². The second kappa shape index (κ2) is 6.06. The number of nitrogens with zero attached hydrogens (tertiary/aromatic N) is 1. The van der Waals surface area contributed by atoms with E-state index in [-0.39, 0.29) is 0 Å². The number of phenolic OH excluding ortho intramolecular Hbond substituents is 1. The number of aromatic hydroxyl groups is 1. The van der Waals surface area contributed by atoms with Gasteiger partial charge in [0.05, 0.1) is 0 Å². The zero-order valence-electron chi connectivity index (χ0n) is 12.6. The standard InChI is InChI=1S/C17H24N2O2/c1-12(2-3-13-4-8-16(20)9-5-13)18-14-10-17(21)19(11-14)15-6-7-15/h4-5,8-9,12,14-15,18,20H,2-3,6-7,10-11H2,1H3/t12-,14+/m0/s1. The molecule has 1 amide bonds. The highest BCUT2D eigenvalue weighted by atomic mass is 16.3. The van der Waals surface area contributed by atoms with Crippen molar-refractivity contribution in [1.82, 2.24) is 10.2 Å². The first kappa shape index (κ1) is 14.4. The van der Waals surface area contributed by atoms with Crippen LogP contribution in [0.4, 0.5) is 0 Å². The lowest BCUT2D eigenvalue weighted by atomic mass is 10.1. The third-order valence-electron chi connectivity index (χ3n) is 4.47. The number of carbonyl (C=O) groups excluding carboxylic acids is 1. The fourth-order valence-corrected chi connectivity index (χ4v) is 3.11. The molecule has 1 aliphatic heterocycles. The van der Waals surface area contributed by atoms with E-state index in [4.69, 9.17) is 0 Å². The number of hydrogen-bond donors (Lipinski definition) is 2. The first-order valence-corrected chi connectivity index (χ1v) is 7.95. The Morgan fingerprint density at radius 1 is 1.33 bits per heavy atom. The molecule has 2 aliphatic rings. The molecule has 3 rings (SSSR count). The molecule has 1 heterocycles. The molecule has 0 bridgehead atoms. The van der Waals surface area contributed by atoms with E-state index in [0.29, 0.717) is 36.2 Å². The molecule has 1 aliphatic carbocycles. The summed E-state index contributed by atoms with van der Waals surface area (Å²) in [6, 6.07) is 8.65. The molecule has 1 saturated carbocycles. The smallest absolute Gasteiger partial charge is 0.224 e. The molecule has 2 fully saturated rings. The van der Waals surface area contributed by atoms with Crippen molar-refractivity contribution < 1.29 is 9.90 Å². The lowest BCUT2D eigenvalue weighted by Gasteiger charge is -2.20. The van der Waals surface area contributed by atoms with Gasteiger partial charge < -0.3 is 15.3 Å². The Balaban J connectivity index is 1.43. The van der Waals surface area contributed by atoms with Gasteiger partial charge in [0, 0.05) is 31.1 Å². The van der Waals surface area contributed by atoms with Crippen LogP contribution in [0.5, 0.6) is 5.75 Å². The molecule has 4 heteroatoms. The summed E-state index contributed by atoms with van der Waals surface area (Å²) in [7, 11) is 0. The summed E-state index contributed by atoms with van der Waals surface area (Å²) in [6.45, 7) is 3.07. The van der Waals surface area contributed by atoms with Crippen molar-refractivity contribution in [3.8, 4) is 5.75 Å². The van der Waals surface area contributed by atoms with E-state index in [0.717, 1.165) is 19.4 Å².